The lowest BCUT2D eigenvalue weighted by Crippen LogP contribution is -2.28. The summed E-state index contributed by atoms with van der Waals surface area (Å²) < 4.78 is 0. The van der Waals surface area contributed by atoms with Crippen LogP contribution >= 0.6 is 28.3 Å². The summed E-state index contributed by atoms with van der Waals surface area (Å²) in [4.78, 5) is 0. The summed E-state index contributed by atoms with van der Waals surface area (Å²) >= 11 is 0. The molecular weight excluding hydrogens is 460 g/mol. The molecule has 1 aliphatic rings. The van der Waals surface area contributed by atoms with Gasteiger partial charge in [-0.1, -0.05) is 121 Å². The molecule has 0 saturated carbocycles. The van der Waals surface area contributed by atoms with Gasteiger partial charge in [0.1, 0.15) is 0 Å². The summed E-state index contributed by atoms with van der Waals surface area (Å²) in [5, 5.41) is 9.88. The number of hydrogen-bond donors (Lipinski definition) is 1. The zero-order chi connectivity index (χ0) is 21.6. The number of halogens is 1. The smallest absolute Gasteiger partial charge is 0.0119 e. The van der Waals surface area contributed by atoms with Crippen LogP contribution in [0.15, 0.2) is 121 Å². The van der Waals surface area contributed by atoms with Gasteiger partial charge in [-0.3, -0.25) is 0 Å². The molecule has 0 aliphatic carbocycles. The Labute approximate surface area is 206 Å². The Hall–Kier alpha value is -2.01. The number of rotatable bonds is 7. The van der Waals surface area contributed by atoms with Gasteiger partial charge in [0.15, 0.2) is 0 Å². The minimum Gasteiger partial charge on any atom is -0.313 e. The summed E-state index contributed by atoms with van der Waals surface area (Å²) in [6.45, 7) is 1.10. The van der Waals surface area contributed by atoms with Crippen LogP contribution in [0.1, 0.15) is 6.42 Å². The van der Waals surface area contributed by atoms with E-state index in [1.54, 1.807) is 0 Å². The molecule has 0 aromatic heterocycles. The Morgan fingerprint density at radius 1 is 0.576 bits per heavy atom. The first-order valence-corrected chi connectivity index (χ1v) is 14.3. The zero-order valence-corrected chi connectivity index (χ0v) is 21.2. The summed E-state index contributed by atoms with van der Waals surface area (Å²) in [6.07, 6.45) is 2.45. The third-order valence-electron chi connectivity index (χ3n) is 6.17. The average Bonchev–Trinajstić information content (AvgIpc) is 3.33. The van der Waals surface area contributed by atoms with Crippen LogP contribution in [0.2, 0.25) is 0 Å². The Morgan fingerprint density at radius 2 is 0.970 bits per heavy atom. The van der Waals surface area contributed by atoms with Gasteiger partial charge in [-0.05, 0) is 49.6 Å². The van der Waals surface area contributed by atoms with Gasteiger partial charge < -0.3 is 5.32 Å². The van der Waals surface area contributed by atoms with Gasteiger partial charge in [0.2, 0.25) is 0 Å². The molecule has 4 aromatic carbocycles. The minimum atomic E-state index is -0.367. The second-order valence-corrected chi connectivity index (χ2v) is 13.1. The molecule has 0 amide bonds. The highest BCUT2D eigenvalue weighted by molar-refractivity contribution is 7.74. The van der Waals surface area contributed by atoms with E-state index < -0.39 is 0 Å². The molecule has 1 heterocycles. The predicted octanol–water partition coefficient (Wildman–Crippen LogP) is 5.40. The molecule has 2 atom stereocenters. The monoisotopic (exact) mass is 489 g/mol. The third-order valence-corrected chi connectivity index (χ3v) is 11.7. The van der Waals surface area contributed by atoms with Gasteiger partial charge in [0.25, 0.3) is 0 Å². The van der Waals surface area contributed by atoms with E-state index in [1.165, 1.54) is 33.8 Å². The largest absolute Gasteiger partial charge is 0.313 e. The SMILES string of the molecule is Cl.c1ccc(P(CC2CC(P(c3ccccc3)c3ccccc3)CN2)c2ccccc2)cc1. The van der Waals surface area contributed by atoms with Gasteiger partial charge in [0, 0.05) is 18.2 Å². The highest BCUT2D eigenvalue weighted by Crippen LogP contribution is 2.45. The van der Waals surface area contributed by atoms with Crippen molar-refractivity contribution in [3.8, 4) is 0 Å². The van der Waals surface area contributed by atoms with Crippen molar-refractivity contribution in [3.63, 3.8) is 0 Å². The van der Waals surface area contributed by atoms with Crippen LogP contribution in [0.25, 0.3) is 0 Å². The van der Waals surface area contributed by atoms with Crippen molar-refractivity contribution in [2.75, 3.05) is 12.7 Å². The second-order valence-electron chi connectivity index (χ2n) is 8.32. The third kappa shape index (κ3) is 5.92. The van der Waals surface area contributed by atoms with Crippen LogP contribution in [0.3, 0.4) is 0 Å². The van der Waals surface area contributed by atoms with E-state index in [0.29, 0.717) is 11.7 Å². The molecule has 1 aliphatic heterocycles. The lowest BCUT2D eigenvalue weighted by atomic mass is 10.2. The van der Waals surface area contributed by atoms with Crippen LogP contribution in [-0.4, -0.2) is 24.4 Å². The number of hydrogen-bond acceptors (Lipinski definition) is 1. The molecule has 0 radical (unpaired) electrons. The fraction of sp³-hybridized carbons (Fsp3) is 0.172. The van der Waals surface area contributed by atoms with E-state index in [-0.39, 0.29) is 28.3 Å². The van der Waals surface area contributed by atoms with Crippen LogP contribution < -0.4 is 26.5 Å². The van der Waals surface area contributed by atoms with Gasteiger partial charge >= 0.3 is 0 Å². The quantitative estimate of drug-likeness (QED) is 0.343. The van der Waals surface area contributed by atoms with E-state index >= 15 is 0 Å². The molecule has 1 saturated heterocycles. The van der Waals surface area contributed by atoms with Crippen molar-refractivity contribution in [2.24, 2.45) is 0 Å². The number of benzene rings is 4. The maximum absolute atomic E-state index is 3.93. The highest BCUT2D eigenvalue weighted by Gasteiger charge is 2.33. The molecule has 1 fully saturated rings. The van der Waals surface area contributed by atoms with Gasteiger partial charge in [-0.2, -0.15) is 0 Å². The van der Waals surface area contributed by atoms with Crippen molar-refractivity contribution in [2.45, 2.75) is 18.1 Å². The molecule has 168 valence electrons. The van der Waals surface area contributed by atoms with Crippen molar-refractivity contribution >= 4 is 49.5 Å². The molecule has 4 aromatic rings. The molecule has 1 N–H and O–H groups in total. The molecule has 2 unspecified atom stereocenters. The fourth-order valence-corrected chi connectivity index (χ4v) is 10.1. The standard InChI is InChI=1S/C29H29NP2.ClH/c1-5-13-25(14-6-1)31(26-15-7-2-8-16-26)23-24-21-29(22-30-24)32(27-17-9-3-10-18-27)28-19-11-4-12-20-28;/h1-20,24,29-30H,21-23H2;1H. The molecule has 0 spiro atoms. The highest BCUT2D eigenvalue weighted by atomic mass is 35.5. The Balaban J connectivity index is 0.00000259. The van der Waals surface area contributed by atoms with Crippen molar-refractivity contribution in [1.82, 2.24) is 5.32 Å². The number of nitrogens with one attached hydrogen (secondary N) is 1. The maximum Gasteiger partial charge on any atom is 0.0119 e. The molecule has 1 nitrogen and oxygen atoms in total. The minimum absolute atomic E-state index is 0. The molecule has 5 rings (SSSR count). The van der Waals surface area contributed by atoms with Crippen LogP contribution in [0.4, 0.5) is 0 Å². The van der Waals surface area contributed by atoms with Gasteiger partial charge in [-0.15, -0.1) is 12.4 Å². The van der Waals surface area contributed by atoms with E-state index in [4.69, 9.17) is 0 Å². The Kier molecular flexibility index (Phi) is 8.71. The van der Waals surface area contributed by atoms with E-state index in [1.807, 2.05) is 0 Å². The first kappa shape index (κ1) is 24.1. The summed E-state index contributed by atoms with van der Waals surface area (Å²) in [6, 6.07) is 45.1. The zero-order valence-electron chi connectivity index (χ0n) is 18.6. The van der Waals surface area contributed by atoms with E-state index in [2.05, 4.69) is 127 Å². The van der Waals surface area contributed by atoms with Crippen molar-refractivity contribution in [1.29, 1.82) is 0 Å². The van der Waals surface area contributed by atoms with Crippen molar-refractivity contribution < 1.29 is 0 Å². The average molecular weight is 490 g/mol. The summed E-state index contributed by atoms with van der Waals surface area (Å²) in [5.41, 5.74) is 0.670. The van der Waals surface area contributed by atoms with Crippen LogP contribution in [-0.2, 0) is 0 Å². The predicted molar refractivity (Wildman–Crippen MR) is 150 cm³/mol. The van der Waals surface area contributed by atoms with Crippen LogP contribution in [0.5, 0.6) is 0 Å². The molecule has 33 heavy (non-hydrogen) atoms. The lowest BCUT2D eigenvalue weighted by molar-refractivity contribution is 0.672. The van der Waals surface area contributed by atoms with Crippen LogP contribution in [0, 0.1) is 0 Å². The lowest BCUT2D eigenvalue weighted by Gasteiger charge is -2.26. The Bertz CT molecular complexity index is 1010. The van der Waals surface area contributed by atoms with E-state index in [9.17, 15) is 0 Å². The molecule has 0 bridgehead atoms. The second kappa shape index (κ2) is 11.9. The normalized spacial score (nSPS) is 17.8. The maximum atomic E-state index is 3.93. The first-order chi connectivity index (χ1) is 15.9. The topological polar surface area (TPSA) is 12.0 Å². The van der Waals surface area contributed by atoms with Crippen molar-refractivity contribution in [3.05, 3.63) is 121 Å². The Morgan fingerprint density at radius 3 is 1.39 bits per heavy atom. The summed E-state index contributed by atoms with van der Waals surface area (Å²) in [7, 11) is -0.731. The first-order valence-electron chi connectivity index (χ1n) is 11.4. The summed E-state index contributed by atoms with van der Waals surface area (Å²) in [5.74, 6) is 0. The van der Waals surface area contributed by atoms with Gasteiger partial charge in [0.05, 0.1) is 0 Å². The fourth-order valence-electron chi connectivity index (χ4n) is 4.68. The van der Waals surface area contributed by atoms with Gasteiger partial charge in [-0.25, -0.2) is 0 Å². The molecule has 4 heteroatoms. The molecular formula is C29H30ClNP2. The van der Waals surface area contributed by atoms with E-state index in [0.717, 1.165) is 6.54 Å².